The monoisotopic (exact) mass is 406 g/mol. The zero-order valence-corrected chi connectivity index (χ0v) is 15.8. The summed E-state index contributed by atoms with van der Waals surface area (Å²) in [5, 5.41) is -3.13. The van der Waals surface area contributed by atoms with E-state index in [9.17, 15) is 17.6 Å². The molecule has 0 amide bonds. The Labute approximate surface area is 153 Å². The Morgan fingerprint density at radius 2 is 0.741 bits per heavy atom. The van der Waals surface area contributed by atoms with E-state index in [1.165, 1.54) is 19.6 Å². The van der Waals surface area contributed by atoms with Gasteiger partial charge in [-0.1, -0.05) is 68.2 Å². The van der Waals surface area contributed by atoms with Gasteiger partial charge in [0.1, 0.15) is 8.07 Å². The number of benzene rings is 2. The molecule has 0 heterocycles. The first-order chi connectivity index (χ1) is 12.2. The van der Waals surface area contributed by atoms with Crippen LogP contribution in [0.15, 0.2) is 48.5 Å². The third kappa shape index (κ3) is 2.48. The Kier molecular flexibility index (Phi) is 4.12. The van der Waals surface area contributed by atoms with Crippen LogP contribution in [0.1, 0.15) is 22.3 Å². The lowest BCUT2D eigenvalue weighted by molar-refractivity contribution is -0.224. The molecule has 0 N–H and O–H groups in total. The molecule has 4 aliphatic rings. The van der Waals surface area contributed by atoms with Gasteiger partial charge in [-0.15, -0.1) is 0 Å². The smallest absolute Gasteiger partial charge is 0.236 e. The van der Waals surface area contributed by atoms with Gasteiger partial charge in [0.05, 0.1) is 0 Å². The van der Waals surface area contributed by atoms with Gasteiger partial charge in [-0.3, -0.25) is 0 Å². The minimum Gasteiger partial charge on any atom is -0.236 e. The fraction of sp³-hybridized carbons (Fsp3) is 0.368. The third-order valence-corrected chi connectivity index (χ3v) is 7.79. The van der Waals surface area contributed by atoms with Crippen LogP contribution >= 0.6 is 0 Å². The molecule has 4 aliphatic carbocycles. The van der Waals surface area contributed by atoms with Gasteiger partial charge < -0.3 is 0 Å². The number of alkyl halides is 7. The Bertz CT molecular complexity index is 851. The average molecular weight is 406 g/mol. The molecule has 0 nitrogen and oxygen atoms in total. The van der Waals surface area contributed by atoms with Crippen molar-refractivity contribution in [3.8, 4) is 0 Å². The molecule has 0 spiro atoms. The van der Waals surface area contributed by atoms with E-state index >= 15 is 13.2 Å². The van der Waals surface area contributed by atoms with Crippen molar-refractivity contribution >= 4 is 8.07 Å². The second-order valence-electron chi connectivity index (χ2n) is 7.79. The first-order valence-corrected chi connectivity index (χ1v) is 11.7. The largest absolute Gasteiger partial charge is 0.339 e. The molecule has 2 aromatic rings. The number of halogens is 7. The first-order valence-electron chi connectivity index (χ1n) is 8.22. The number of hydrogen-bond donors (Lipinski definition) is 0. The molecule has 0 aromatic heterocycles. The van der Waals surface area contributed by atoms with Gasteiger partial charge in [-0.25, -0.2) is 4.39 Å². The second kappa shape index (κ2) is 5.59. The number of hydrogen-bond acceptors (Lipinski definition) is 0. The Hall–Kier alpha value is -1.83. The molecule has 6 rings (SSSR count). The lowest BCUT2D eigenvalue weighted by atomic mass is 9.89. The van der Waals surface area contributed by atoms with E-state index in [1.54, 1.807) is 0 Å². The molecule has 146 valence electrons. The van der Waals surface area contributed by atoms with Crippen LogP contribution in [0, 0.1) is 0 Å². The third-order valence-electron chi connectivity index (χ3n) is 5.12. The molecule has 4 bridgehead atoms. The Balaban J connectivity index is 2.42. The van der Waals surface area contributed by atoms with E-state index in [4.69, 9.17) is 0 Å². The minimum absolute atomic E-state index is 0.501. The summed E-state index contributed by atoms with van der Waals surface area (Å²) >= 11 is 0. The van der Waals surface area contributed by atoms with Crippen molar-refractivity contribution in [2.75, 3.05) is 0 Å². The molecule has 0 aliphatic heterocycles. The van der Waals surface area contributed by atoms with Crippen molar-refractivity contribution < 1.29 is 30.7 Å². The summed E-state index contributed by atoms with van der Waals surface area (Å²) in [7, 11) is -3.30. The predicted molar refractivity (Wildman–Crippen MR) is 90.7 cm³/mol. The molecule has 27 heavy (non-hydrogen) atoms. The van der Waals surface area contributed by atoms with Crippen molar-refractivity contribution in [1.29, 1.82) is 0 Å². The molecular weight excluding hydrogens is 389 g/mol. The molecule has 0 radical (unpaired) electrons. The van der Waals surface area contributed by atoms with Crippen molar-refractivity contribution in [2.45, 2.75) is 42.7 Å². The lowest BCUT2D eigenvalue weighted by Gasteiger charge is -2.43. The standard InChI is InChI=1S/C19H17F7Si/c1-27(2,3)19(26)15-10-8-13(9-11-15)17(22,23)16(20,21)12-4-6-14(7-5-12)18(19,24)25/h4-11H,1-3H3. The van der Waals surface area contributed by atoms with E-state index in [0.717, 1.165) is 12.1 Å². The summed E-state index contributed by atoms with van der Waals surface area (Å²) in [5.41, 5.74) is -3.52. The topological polar surface area (TPSA) is 0 Å². The summed E-state index contributed by atoms with van der Waals surface area (Å²) < 4.78 is 104. The summed E-state index contributed by atoms with van der Waals surface area (Å²) in [6.45, 7) is 4.20. The maximum absolute atomic E-state index is 16.1. The highest BCUT2D eigenvalue weighted by Crippen LogP contribution is 2.56. The highest BCUT2D eigenvalue weighted by molar-refractivity contribution is 6.78. The van der Waals surface area contributed by atoms with Crippen molar-refractivity contribution in [3.05, 3.63) is 70.8 Å². The van der Waals surface area contributed by atoms with Crippen molar-refractivity contribution in [2.24, 2.45) is 0 Å². The molecule has 0 fully saturated rings. The zero-order chi connectivity index (χ0) is 20.5. The van der Waals surface area contributed by atoms with Gasteiger partial charge in [0, 0.05) is 16.7 Å². The van der Waals surface area contributed by atoms with E-state index < -0.39 is 53.4 Å². The van der Waals surface area contributed by atoms with Crippen LogP contribution < -0.4 is 0 Å². The summed E-state index contributed by atoms with van der Waals surface area (Å²) in [6, 6.07) is 4.94. The van der Waals surface area contributed by atoms with Crippen LogP contribution in [0.5, 0.6) is 0 Å². The maximum atomic E-state index is 16.1. The van der Waals surface area contributed by atoms with E-state index in [0.29, 0.717) is 36.4 Å². The molecule has 1 unspecified atom stereocenters. The van der Waals surface area contributed by atoms with Gasteiger partial charge in [0.25, 0.3) is 0 Å². The molecule has 0 saturated heterocycles. The predicted octanol–water partition coefficient (Wildman–Crippen LogP) is 6.72. The van der Waals surface area contributed by atoms with Crippen molar-refractivity contribution in [1.82, 2.24) is 0 Å². The Morgan fingerprint density at radius 3 is 1.04 bits per heavy atom. The fourth-order valence-corrected chi connectivity index (χ4v) is 5.56. The maximum Gasteiger partial charge on any atom is 0.339 e. The summed E-state index contributed by atoms with van der Waals surface area (Å²) in [4.78, 5) is 0. The van der Waals surface area contributed by atoms with Gasteiger partial charge in [-0.2, -0.15) is 26.3 Å². The quantitative estimate of drug-likeness (QED) is 0.364. The van der Waals surface area contributed by atoms with Crippen molar-refractivity contribution in [3.63, 3.8) is 0 Å². The molecule has 8 heteroatoms. The van der Waals surface area contributed by atoms with Crippen LogP contribution in [-0.2, 0) is 23.1 Å². The zero-order valence-electron chi connectivity index (χ0n) is 14.8. The van der Waals surface area contributed by atoms with E-state index in [1.807, 2.05) is 0 Å². The van der Waals surface area contributed by atoms with Crippen LogP contribution in [-0.4, -0.2) is 8.07 Å². The normalized spacial score (nSPS) is 25.7. The van der Waals surface area contributed by atoms with Crippen LogP contribution in [0.2, 0.25) is 19.6 Å². The molecular formula is C19H17F7Si. The van der Waals surface area contributed by atoms with E-state index in [-0.39, 0.29) is 0 Å². The minimum atomic E-state index is -4.62. The fourth-order valence-electron chi connectivity index (χ4n) is 3.44. The van der Waals surface area contributed by atoms with Crippen LogP contribution in [0.4, 0.5) is 30.7 Å². The average Bonchev–Trinajstić information content (AvgIpc) is 2.59. The van der Waals surface area contributed by atoms with Crippen LogP contribution in [0.3, 0.4) is 0 Å². The SMILES string of the molecule is C[Si](C)(C)C1(F)c2ccc(cc2)C(F)(F)C(F)(F)c2ccc(cc2)C1(F)F. The summed E-state index contributed by atoms with van der Waals surface area (Å²) in [6.07, 6.45) is 0. The number of rotatable bonds is 1. The lowest BCUT2D eigenvalue weighted by Crippen LogP contribution is -2.56. The van der Waals surface area contributed by atoms with Gasteiger partial charge in [0.2, 0.25) is 0 Å². The second-order valence-corrected chi connectivity index (χ2v) is 13.0. The van der Waals surface area contributed by atoms with Gasteiger partial charge in [0.15, 0.2) is 5.29 Å². The summed E-state index contributed by atoms with van der Waals surface area (Å²) in [5.74, 6) is -13.2. The Morgan fingerprint density at radius 1 is 0.481 bits per heavy atom. The molecule has 0 saturated carbocycles. The van der Waals surface area contributed by atoms with Crippen LogP contribution in [0.25, 0.3) is 0 Å². The van der Waals surface area contributed by atoms with E-state index in [2.05, 4.69) is 0 Å². The first kappa shape index (κ1) is 19.9. The van der Waals surface area contributed by atoms with Gasteiger partial charge >= 0.3 is 17.8 Å². The molecule has 2 aromatic carbocycles. The van der Waals surface area contributed by atoms with Gasteiger partial charge in [-0.05, 0) is 5.56 Å². The highest BCUT2D eigenvalue weighted by atomic mass is 28.3. The molecule has 1 atom stereocenters. The highest BCUT2D eigenvalue weighted by Gasteiger charge is 2.65.